The lowest BCUT2D eigenvalue weighted by molar-refractivity contribution is -0.253. The summed E-state index contributed by atoms with van der Waals surface area (Å²) in [6, 6.07) is 10.9. The molecule has 0 radical (unpaired) electrons. The first-order chi connectivity index (χ1) is 10.4. The van der Waals surface area contributed by atoms with E-state index >= 15 is 0 Å². The van der Waals surface area contributed by atoms with Crippen molar-refractivity contribution in [1.29, 1.82) is 0 Å². The van der Waals surface area contributed by atoms with E-state index in [2.05, 4.69) is 0 Å². The molecule has 0 bridgehead atoms. The van der Waals surface area contributed by atoms with Gasteiger partial charge in [-0.2, -0.15) is 13.2 Å². The average molecular weight is 323 g/mol. The highest BCUT2D eigenvalue weighted by Gasteiger charge is 2.67. The topological polar surface area (TPSA) is 40.5 Å². The molecule has 22 heavy (non-hydrogen) atoms. The molecule has 1 unspecified atom stereocenters. The predicted molar refractivity (Wildman–Crippen MR) is 74.1 cm³/mol. The summed E-state index contributed by atoms with van der Waals surface area (Å²) in [4.78, 5) is 14.6. The van der Waals surface area contributed by atoms with Gasteiger partial charge >= 0.3 is 6.18 Å². The summed E-state index contributed by atoms with van der Waals surface area (Å²) in [7, 11) is 0. The van der Waals surface area contributed by atoms with E-state index in [1.807, 2.05) is 0 Å². The lowest BCUT2D eigenvalue weighted by Crippen LogP contribution is -2.49. The van der Waals surface area contributed by atoms with Crippen LogP contribution in [0.4, 0.5) is 24.5 Å². The maximum absolute atomic E-state index is 13.4. The molecule has 0 aromatic heterocycles. The van der Waals surface area contributed by atoms with Crippen molar-refractivity contribution in [3.05, 3.63) is 48.0 Å². The van der Waals surface area contributed by atoms with Crippen LogP contribution in [0, 0.1) is 0 Å². The predicted octanol–water partition coefficient (Wildman–Crippen LogP) is 3.58. The highest BCUT2D eigenvalue weighted by atomic mass is 32.2. The third kappa shape index (κ3) is 1.45. The van der Waals surface area contributed by atoms with Crippen LogP contribution in [-0.2, 0) is 10.4 Å². The van der Waals surface area contributed by atoms with Gasteiger partial charge in [0, 0.05) is 15.4 Å². The smallest absolute Gasteiger partial charge is 0.368 e. The fourth-order valence-electron chi connectivity index (χ4n) is 2.86. The number of para-hydroxylation sites is 2. The zero-order chi connectivity index (χ0) is 15.7. The molecule has 0 fully saturated rings. The van der Waals surface area contributed by atoms with Gasteiger partial charge in [-0.05, 0) is 18.2 Å². The van der Waals surface area contributed by atoms with Crippen LogP contribution in [-0.4, -0.2) is 17.2 Å². The van der Waals surface area contributed by atoms with Gasteiger partial charge in [-0.1, -0.05) is 36.0 Å². The molecule has 0 saturated carbocycles. The maximum Gasteiger partial charge on any atom is 0.430 e. The van der Waals surface area contributed by atoms with E-state index in [1.54, 1.807) is 30.3 Å². The van der Waals surface area contributed by atoms with Gasteiger partial charge in [0.2, 0.25) is 0 Å². The highest BCUT2D eigenvalue weighted by molar-refractivity contribution is 7.99. The van der Waals surface area contributed by atoms with Gasteiger partial charge in [0.15, 0.2) is 0 Å². The van der Waals surface area contributed by atoms with Crippen LogP contribution >= 0.6 is 11.8 Å². The molecular weight excluding hydrogens is 315 g/mol. The zero-order valence-electron chi connectivity index (χ0n) is 10.9. The van der Waals surface area contributed by atoms with Gasteiger partial charge in [-0.3, -0.25) is 9.69 Å². The SMILES string of the molecule is O=C1N2c3ccccc3Sc3cccc(c32)C1(O)C(F)(F)F. The van der Waals surface area contributed by atoms with Crippen molar-refractivity contribution in [1.82, 2.24) is 0 Å². The third-order valence-electron chi connectivity index (χ3n) is 3.86. The van der Waals surface area contributed by atoms with Crippen molar-refractivity contribution in [3.63, 3.8) is 0 Å². The number of hydrogen-bond donors (Lipinski definition) is 1. The van der Waals surface area contributed by atoms with E-state index in [1.165, 1.54) is 17.8 Å². The Hall–Kier alpha value is -1.99. The first-order valence-corrected chi connectivity index (χ1v) is 7.21. The van der Waals surface area contributed by atoms with Gasteiger partial charge < -0.3 is 5.11 Å². The standard InChI is InChI=1S/C15H8F3NO2S/c16-15(17,18)14(21)8-4-3-7-11-12(8)19(13(14)20)9-5-1-2-6-10(9)22-11/h1-7,21H. The molecule has 4 rings (SSSR count). The molecule has 112 valence electrons. The van der Waals surface area contributed by atoms with Gasteiger partial charge in [0.1, 0.15) is 0 Å². The Balaban J connectivity index is 2.06. The van der Waals surface area contributed by atoms with Gasteiger partial charge in [0.05, 0.1) is 11.4 Å². The van der Waals surface area contributed by atoms with Crippen molar-refractivity contribution in [3.8, 4) is 0 Å². The van der Waals surface area contributed by atoms with E-state index in [4.69, 9.17) is 0 Å². The van der Waals surface area contributed by atoms with Crippen molar-refractivity contribution in [2.45, 2.75) is 21.6 Å². The molecule has 2 heterocycles. The molecule has 1 N–H and O–H groups in total. The number of anilines is 2. The average Bonchev–Trinajstić information content (AvgIpc) is 2.72. The summed E-state index contributed by atoms with van der Waals surface area (Å²) in [5.41, 5.74) is -3.44. The quantitative estimate of drug-likeness (QED) is 0.805. The van der Waals surface area contributed by atoms with E-state index in [0.717, 1.165) is 11.0 Å². The lowest BCUT2D eigenvalue weighted by Gasteiger charge is -2.28. The molecule has 2 aromatic rings. The molecule has 1 atom stereocenters. The Bertz CT molecular complexity index is 821. The Kier molecular flexibility index (Phi) is 2.52. The molecule has 7 heteroatoms. The normalized spacial score (nSPS) is 22.5. The zero-order valence-corrected chi connectivity index (χ0v) is 11.7. The first kappa shape index (κ1) is 13.7. The number of carbonyl (C=O) groups is 1. The Labute approximate surface area is 127 Å². The number of carbonyl (C=O) groups excluding carboxylic acids is 1. The maximum atomic E-state index is 13.4. The highest BCUT2D eigenvalue weighted by Crippen LogP contribution is 2.59. The summed E-state index contributed by atoms with van der Waals surface area (Å²) in [5, 5.41) is 10.2. The Morgan fingerprint density at radius 1 is 1.05 bits per heavy atom. The molecule has 3 nitrogen and oxygen atoms in total. The second-order valence-electron chi connectivity index (χ2n) is 5.07. The number of fused-ring (bicyclic) bond motifs is 2. The van der Waals surface area contributed by atoms with E-state index in [9.17, 15) is 23.1 Å². The molecule has 2 aliphatic rings. The Morgan fingerprint density at radius 3 is 2.45 bits per heavy atom. The summed E-state index contributed by atoms with van der Waals surface area (Å²) >= 11 is 1.28. The second-order valence-corrected chi connectivity index (χ2v) is 6.15. The second kappa shape index (κ2) is 4.05. The summed E-state index contributed by atoms with van der Waals surface area (Å²) in [5.74, 6) is -1.38. The van der Waals surface area contributed by atoms with Crippen molar-refractivity contribution >= 4 is 29.0 Å². The van der Waals surface area contributed by atoms with E-state index < -0.39 is 23.2 Å². The van der Waals surface area contributed by atoms with Crippen LogP contribution in [0.1, 0.15) is 5.56 Å². The lowest BCUT2D eigenvalue weighted by atomic mass is 9.95. The van der Waals surface area contributed by atoms with Crippen molar-refractivity contribution < 1.29 is 23.1 Å². The van der Waals surface area contributed by atoms with Crippen LogP contribution in [0.25, 0.3) is 0 Å². The summed E-state index contributed by atoms with van der Waals surface area (Å²) in [6.45, 7) is 0. The first-order valence-electron chi connectivity index (χ1n) is 6.40. The fraction of sp³-hybridized carbons (Fsp3) is 0.133. The molecule has 2 aliphatic heterocycles. The number of amides is 1. The molecule has 0 spiro atoms. The third-order valence-corrected chi connectivity index (χ3v) is 4.98. The van der Waals surface area contributed by atoms with Gasteiger partial charge in [-0.25, -0.2) is 0 Å². The number of hydrogen-bond acceptors (Lipinski definition) is 3. The van der Waals surface area contributed by atoms with Crippen molar-refractivity contribution in [2.24, 2.45) is 0 Å². The summed E-state index contributed by atoms with van der Waals surface area (Å²) < 4.78 is 40.2. The van der Waals surface area contributed by atoms with Crippen LogP contribution < -0.4 is 4.90 Å². The molecule has 0 aliphatic carbocycles. The van der Waals surface area contributed by atoms with Crippen molar-refractivity contribution in [2.75, 3.05) is 4.90 Å². The number of halogens is 3. The van der Waals surface area contributed by atoms with Gasteiger partial charge in [-0.15, -0.1) is 0 Å². The van der Waals surface area contributed by atoms with Crippen LogP contribution in [0.15, 0.2) is 52.3 Å². The minimum Gasteiger partial charge on any atom is -0.368 e. The minimum absolute atomic E-state index is 0.121. The minimum atomic E-state index is -5.09. The number of nitrogens with zero attached hydrogens (tertiary/aromatic N) is 1. The summed E-state index contributed by atoms with van der Waals surface area (Å²) in [6.07, 6.45) is -5.09. The van der Waals surface area contributed by atoms with Crippen LogP contribution in [0.5, 0.6) is 0 Å². The molecule has 2 aromatic carbocycles. The Morgan fingerprint density at radius 2 is 1.73 bits per heavy atom. The molecule has 0 saturated heterocycles. The van der Waals surface area contributed by atoms with E-state index in [-0.39, 0.29) is 5.69 Å². The molecule has 1 amide bonds. The fourth-order valence-corrected chi connectivity index (χ4v) is 3.95. The largest absolute Gasteiger partial charge is 0.430 e. The van der Waals surface area contributed by atoms with Gasteiger partial charge in [0.25, 0.3) is 11.5 Å². The van der Waals surface area contributed by atoms with Crippen LogP contribution in [0.3, 0.4) is 0 Å². The number of benzene rings is 2. The molecular formula is C15H8F3NO2S. The van der Waals surface area contributed by atoms with E-state index in [0.29, 0.717) is 15.5 Å². The number of alkyl halides is 3. The monoisotopic (exact) mass is 323 g/mol. The number of rotatable bonds is 0. The number of aliphatic hydroxyl groups is 1. The van der Waals surface area contributed by atoms with Crippen LogP contribution in [0.2, 0.25) is 0 Å².